The lowest BCUT2D eigenvalue weighted by atomic mass is 9.86. The highest BCUT2D eigenvalue weighted by molar-refractivity contribution is 6.53. The molecule has 4 nitrogen and oxygen atoms in total. The average Bonchev–Trinajstić information content (AvgIpc) is 2.67. The summed E-state index contributed by atoms with van der Waals surface area (Å²) >= 11 is 11.1. The van der Waals surface area contributed by atoms with E-state index >= 15 is 0 Å². The minimum Gasteiger partial charge on any atom is -0.349 e. The topological polar surface area (TPSA) is 46.9 Å². The van der Waals surface area contributed by atoms with Crippen LogP contribution in [0.4, 0.5) is 0 Å². The fourth-order valence-corrected chi connectivity index (χ4v) is 1.49. The monoisotopic (exact) mass is 277 g/mol. The number of carbonyl (C=O) groups is 1. The van der Waals surface area contributed by atoms with Gasteiger partial charge in [-0.2, -0.15) is 5.10 Å². The Morgan fingerprint density at radius 3 is 2.53 bits per heavy atom. The van der Waals surface area contributed by atoms with E-state index in [1.807, 2.05) is 33.0 Å². The average molecular weight is 278 g/mol. The van der Waals surface area contributed by atoms with Crippen LogP contribution in [0.2, 0.25) is 0 Å². The molecule has 0 bridgehead atoms. The molecule has 1 aromatic heterocycles. The van der Waals surface area contributed by atoms with Crippen molar-refractivity contribution in [2.24, 2.45) is 5.41 Å². The smallest absolute Gasteiger partial charge is 0.253 e. The predicted molar refractivity (Wildman–Crippen MR) is 69.1 cm³/mol. The quantitative estimate of drug-likeness (QED) is 0.858. The normalized spacial score (nSPS) is 13.8. The van der Waals surface area contributed by atoms with Gasteiger partial charge in [-0.15, -0.1) is 0 Å². The van der Waals surface area contributed by atoms with E-state index in [-0.39, 0.29) is 17.4 Å². The van der Waals surface area contributed by atoms with Crippen molar-refractivity contribution < 1.29 is 4.79 Å². The van der Waals surface area contributed by atoms with Crippen molar-refractivity contribution in [1.82, 2.24) is 15.1 Å². The Kier molecular flexibility index (Phi) is 4.83. The highest BCUT2D eigenvalue weighted by atomic mass is 35.5. The maximum absolute atomic E-state index is 11.5. The lowest BCUT2D eigenvalue weighted by Crippen LogP contribution is -2.48. The van der Waals surface area contributed by atoms with E-state index in [1.165, 1.54) is 0 Å². The van der Waals surface area contributed by atoms with Gasteiger partial charge in [0.05, 0.1) is 12.6 Å². The Morgan fingerprint density at radius 2 is 2.12 bits per heavy atom. The maximum Gasteiger partial charge on any atom is 0.253 e. The van der Waals surface area contributed by atoms with Gasteiger partial charge in [0.25, 0.3) is 5.91 Å². The molecule has 0 radical (unpaired) electrons. The number of amides is 1. The fraction of sp³-hybridized carbons (Fsp3) is 0.636. The van der Waals surface area contributed by atoms with Gasteiger partial charge in [0.1, 0.15) is 0 Å². The highest BCUT2D eigenvalue weighted by Crippen LogP contribution is 2.21. The molecule has 0 aromatic carbocycles. The molecule has 0 saturated heterocycles. The van der Waals surface area contributed by atoms with Gasteiger partial charge in [0, 0.05) is 12.4 Å². The third-order valence-corrected chi connectivity index (χ3v) is 2.89. The largest absolute Gasteiger partial charge is 0.349 e. The first kappa shape index (κ1) is 14.3. The molecule has 0 spiro atoms. The first-order valence-electron chi connectivity index (χ1n) is 5.36. The summed E-state index contributed by atoms with van der Waals surface area (Å²) in [6, 6.07) is 1.75. The van der Waals surface area contributed by atoms with Crippen LogP contribution in [0.25, 0.3) is 0 Å². The van der Waals surface area contributed by atoms with Gasteiger partial charge in [-0.1, -0.05) is 44.0 Å². The number of rotatable bonds is 4. The second-order valence-electron chi connectivity index (χ2n) is 4.96. The highest BCUT2D eigenvalue weighted by Gasteiger charge is 2.28. The summed E-state index contributed by atoms with van der Waals surface area (Å²) in [6.07, 6.45) is 3.55. The van der Waals surface area contributed by atoms with E-state index in [1.54, 1.807) is 10.9 Å². The van der Waals surface area contributed by atoms with Gasteiger partial charge in [0.15, 0.2) is 4.84 Å². The van der Waals surface area contributed by atoms with Crippen molar-refractivity contribution in [3.8, 4) is 0 Å². The van der Waals surface area contributed by atoms with Crippen LogP contribution in [0.5, 0.6) is 0 Å². The van der Waals surface area contributed by atoms with Crippen LogP contribution in [0.15, 0.2) is 18.5 Å². The number of nitrogens with zero attached hydrogens (tertiary/aromatic N) is 2. The zero-order valence-electron chi connectivity index (χ0n) is 10.2. The summed E-state index contributed by atoms with van der Waals surface area (Å²) in [5, 5.41) is 6.95. The molecule has 96 valence electrons. The summed E-state index contributed by atoms with van der Waals surface area (Å²) in [7, 11) is 0. The van der Waals surface area contributed by atoms with Crippen molar-refractivity contribution in [1.29, 1.82) is 0 Å². The van der Waals surface area contributed by atoms with Crippen molar-refractivity contribution in [2.45, 2.75) is 38.2 Å². The van der Waals surface area contributed by atoms with Gasteiger partial charge in [-0.3, -0.25) is 9.48 Å². The number of hydrogen-bond acceptors (Lipinski definition) is 2. The van der Waals surface area contributed by atoms with Crippen molar-refractivity contribution >= 4 is 29.1 Å². The molecule has 1 aromatic rings. The standard InChI is InChI=1S/C11H17Cl2N3O/c1-11(2,3)8(15-10(17)9(12)13)7-16-6-4-5-14-16/h4-6,8-9H,7H2,1-3H3,(H,15,17). The molecule has 1 rings (SSSR count). The summed E-state index contributed by atoms with van der Waals surface area (Å²) in [6.45, 7) is 6.71. The first-order chi connectivity index (χ1) is 7.80. The van der Waals surface area contributed by atoms with Crippen molar-refractivity contribution in [3.63, 3.8) is 0 Å². The summed E-state index contributed by atoms with van der Waals surface area (Å²) in [5.74, 6) is -0.375. The zero-order valence-corrected chi connectivity index (χ0v) is 11.7. The number of nitrogens with one attached hydrogen (secondary N) is 1. The third-order valence-electron chi connectivity index (χ3n) is 2.49. The van der Waals surface area contributed by atoms with Crippen LogP contribution in [-0.2, 0) is 11.3 Å². The van der Waals surface area contributed by atoms with E-state index in [2.05, 4.69) is 10.4 Å². The molecule has 0 aliphatic heterocycles. The van der Waals surface area contributed by atoms with E-state index in [0.29, 0.717) is 6.54 Å². The van der Waals surface area contributed by atoms with Crippen molar-refractivity contribution in [3.05, 3.63) is 18.5 Å². The second kappa shape index (κ2) is 5.74. The summed E-state index contributed by atoms with van der Waals surface area (Å²) in [4.78, 5) is 10.5. The Hall–Kier alpha value is -0.740. The zero-order chi connectivity index (χ0) is 13.1. The van der Waals surface area contributed by atoms with Gasteiger partial charge in [0.2, 0.25) is 0 Å². The Balaban J connectivity index is 2.72. The molecule has 1 atom stereocenters. The number of alkyl halides is 2. The van der Waals surface area contributed by atoms with Gasteiger partial charge in [-0.25, -0.2) is 0 Å². The molecule has 0 aliphatic rings. The summed E-state index contributed by atoms with van der Waals surface area (Å²) in [5.41, 5.74) is -0.107. The molecule has 1 amide bonds. The van der Waals surface area contributed by atoms with Gasteiger partial charge in [-0.05, 0) is 11.5 Å². The van der Waals surface area contributed by atoms with Gasteiger partial charge < -0.3 is 5.32 Å². The molecule has 0 aliphatic carbocycles. The van der Waals surface area contributed by atoms with Crippen LogP contribution in [-0.4, -0.2) is 26.6 Å². The number of aromatic nitrogens is 2. The van der Waals surface area contributed by atoms with E-state index < -0.39 is 4.84 Å². The molecular formula is C11H17Cl2N3O. The second-order valence-corrected chi connectivity index (χ2v) is 6.05. The van der Waals surface area contributed by atoms with Crippen LogP contribution in [0.3, 0.4) is 0 Å². The Bertz CT molecular complexity index is 357. The molecular weight excluding hydrogens is 261 g/mol. The van der Waals surface area contributed by atoms with E-state index in [9.17, 15) is 4.79 Å². The van der Waals surface area contributed by atoms with Crippen LogP contribution < -0.4 is 5.32 Å². The first-order valence-corrected chi connectivity index (χ1v) is 6.24. The summed E-state index contributed by atoms with van der Waals surface area (Å²) < 4.78 is 1.77. The van der Waals surface area contributed by atoms with Crippen molar-refractivity contribution in [2.75, 3.05) is 0 Å². The van der Waals surface area contributed by atoms with Crippen LogP contribution >= 0.6 is 23.2 Å². The Morgan fingerprint density at radius 1 is 1.47 bits per heavy atom. The fourth-order valence-electron chi connectivity index (χ4n) is 1.37. The van der Waals surface area contributed by atoms with Gasteiger partial charge >= 0.3 is 0 Å². The predicted octanol–water partition coefficient (Wildman–Crippen LogP) is 2.22. The molecule has 1 N–H and O–H groups in total. The molecule has 1 heterocycles. The van der Waals surface area contributed by atoms with Crippen LogP contribution in [0, 0.1) is 5.41 Å². The lowest BCUT2D eigenvalue weighted by molar-refractivity contribution is -0.121. The number of carbonyl (C=O) groups excluding carboxylic acids is 1. The number of hydrogen-bond donors (Lipinski definition) is 1. The third kappa shape index (κ3) is 4.56. The Labute approximate surface area is 111 Å². The lowest BCUT2D eigenvalue weighted by Gasteiger charge is -2.31. The van der Waals surface area contributed by atoms with E-state index in [0.717, 1.165) is 0 Å². The minimum absolute atomic E-state index is 0.0881. The minimum atomic E-state index is -1.04. The number of halogens is 2. The molecule has 1 unspecified atom stereocenters. The molecule has 0 saturated carbocycles. The van der Waals surface area contributed by atoms with Crippen LogP contribution in [0.1, 0.15) is 20.8 Å². The van der Waals surface area contributed by atoms with E-state index in [4.69, 9.17) is 23.2 Å². The maximum atomic E-state index is 11.5. The molecule has 0 fully saturated rings. The SMILES string of the molecule is CC(C)(C)C(Cn1cccn1)NC(=O)C(Cl)Cl. The molecule has 17 heavy (non-hydrogen) atoms. The molecule has 6 heteroatoms.